The Kier molecular flexibility index (Phi) is 4.34. The van der Waals surface area contributed by atoms with E-state index in [4.69, 9.17) is 22.1 Å². The third-order valence-corrected chi connectivity index (χ3v) is 3.75. The molecule has 6 heteroatoms. The van der Waals surface area contributed by atoms with Gasteiger partial charge in [0.05, 0.1) is 15.2 Å². The Labute approximate surface area is 131 Å². The Morgan fingerprint density at radius 2 is 1.94 bits per heavy atom. The van der Waals surface area contributed by atoms with Gasteiger partial charge in [-0.15, -0.1) is 0 Å². The first-order valence-electron chi connectivity index (χ1n) is 4.85. The van der Waals surface area contributed by atoms with Gasteiger partial charge in [-0.3, -0.25) is 0 Å². The van der Waals surface area contributed by atoms with E-state index in [2.05, 4.69) is 38.5 Å². The molecule has 18 heavy (non-hydrogen) atoms. The van der Waals surface area contributed by atoms with Crippen LogP contribution in [0.5, 0.6) is 11.5 Å². The highest BCUT2D eigenvalue weighted by molar-refractivity contribution is 14.1. The van der Waals surface area contributed by atoms with Crippen LogP contribution in [0.4, 0.5) is 10.1 Å². The van der Waals surface area contributed by atoms with Gasteiger partial charge in [0.2, 0.25) is 0 Å². The molecule has 0 amide bonds. The molecule has 0 fully saturated rings. The van der Waals surface area contributed by atoms with E-state index >= 15 is 0 Å². The third kappa shape index (κ3) is 3.07. The van der Waals surface area contributed by atoms with Crippen LogP contribution < -0.4 is 10.5 Å². The van der Waals surface area contributed by atoms with Gasteiger partial charge in [-0.1, -0.05) is 11.6 Å². The zero-order valence-corrected chi connectivity index (χ0v) is 13.4. The van der Waals surface area contributed by atoms with Crippen molar-refractivity contribution < 1.29 is 9.13 Å². The number of hydrogen-bond donors (Lipinski definition) is 1. The fourth-order valence-electron chi connectivity index (χ4n) is 1.31. The van der Waals surface area contributed by atoms with Crippen LogP contribution >= 0.6 is 50.1 Å². The van der Waals surface area contributed by atoms with Crippen molar-refractivity contribution in [2.75, 3.05) is 5.73 Å². The van der Waals surface area contributed by atoms with Gasteiger partial charge in [-0.25, -0.2) is 4.39 Å². The molecule has 0 spiro atoms. The quantitative estimate of drug-likeness (QED) is 0.393. The minimum absolute atomic E-state index is 0.0322. The number of ether oxygens (including phenoxy) is 1. The van der Waals surface area contributed by atoms with Gasteiger partial charge >= 0.3 is 0 Å². The van der Waals surface area contributed by atoms with E-state index in [0.29, 0.717) is 21.7 Å². The number of halogens is 4. The Bertz CT molecular complexity index is 609. The van der Waals surface area contributed by atoms with Crippen LogP contribution in [-0.2, 0) is 0 Å². The summed E-state index contributed by atoms with van der Waals surface area (Å²) in [4.78, 5) is 0. The average molecular weight is 442 g/mol. The number of rotatable bonds is 2. The molecular formula is C12H7BrClFINO. The molecule has 0 atom stereocenters. The summed E-state index contributed by atoms with van der Waals surface area (Å²) in [6.07, 6.45) is 0. The van der Waals surface area contributed by atoms with Crippen LogP contribution in [0.1, 0.15) is 0 Å². The molecular weight excluding hydrogens is 435 g/mol. The van der Waals surface area contributed by atoms with Crippen LogP contribution in [0.25, 0.3) is 0 Å². The van der Waals surface area contributed by atoms with Crippen molar-refractivity contribution in [3.05, 3.63) is 49.2 Å². The molecule has 0 aliphatic carbocycles. The molecule has 0 saturated carbocycles. The lowest BCUT2D eigenvalue weighted by Crippen LogP contribution is -1.94. The van der Waals surface area contributed by atoms with Crippen molar-refractivity contribution in [3.8, 4) is 11.5 Å². The first kappa shape index (κ1) is 13.9. The highest BCUT2D eigenvalue weighted by Gasteiger charge is 2.10. The van der Waals surface area contributed by atoms with Gasteiger partial charge in [0, 0.05) is 9.64 Å². The fourth-order valence-corrected chi connectivity index (χ4v) is 2.55. The maximum atomic E-state index is 13.4. The number of nitrogen functional groups attached to an aromatic ring is 1. The highest BCUT2D eigenvalue weighted by Crippen LogP contribution is 2.36. The molecule has 0 radical (unpaired) electrons. The van der Waals surface area contributed by atoms with Crippen molar-refractivity contribution in [2.45, 2.75) is 0 Å². The van der Waals surface area contributed by atoms with Gasteiger partial charge in [-0.2, -0.15) is 0 Å². The van der Waals surface area contributed by atoms with Crippen molar-refractivity contribution in [1.29, 1.82) is 0 Å². The second-order valence-electron chi connectivity index (χ2n) is 3.48. The minimum atomic E-state index is -0.543. The summed E-state index contributed by atoms with van der Waals surface area (Å²) in [5.74, 6) is 0.251. The number of hydrogen-bond acceptors (Lipinski definition) is 2. The molecule has 0 aliphatic heterocycles. The maximum Gasteiger partial charge on any atom is 0.150 e. The topological polar surface area (TPSA) is 35.2 Å². The van der Waals surface area contributed by atoms with Crippen LogP contribution in [0.3, 0.4) is 0 Å². The van der Waals surface area contributed by atoms with Crippen molar-refractivity contribution in [1.82, 2.24) is 0 Å². The average Bonchev–Trinajstić information content (AvgIpc) is 2.29. The summed E-state index contributed by atoms with van der Waals surface area (Å²) < 4.78 is 20.5. The summed E-state index contributed by atoms with van der Waals surface area (Å²) in [5.41, 5.74) is 6.31. The van der Waals surface area contributed by atoms with Gasteiger partial charge < -0.3 is 10.5 Å². The zero-order valence-electron chi connectivity index (χ0n) is 8.88. The van der Waals surface area contributed by atoms with Gasteiger partial charge in [0.25, 0.3) is 0 Å². The second-order valence-corrected chi connectivity index (χ2v) is 5.99. The predicted molar refractivity (Wildman–Crippen MR) is 82.8 cm³/mol. The Morgan fingerprint density at radius 1 is 1.22 bits per heavy atom. The normalized spacial score (nSPS) is 10.4. The lowest BCUT2D eigenvalue weighted by Gasteiger charge is -2.11. The van der Waals surface area contributed by atoms with Crippen molar-refractivity contribution >= 4 is 55.8 Å². The van der Waals surface area contributed by atoms with E-state index in [9.17, 15) is 4.39 Å². The van der Waals surface area contributed by atoms with Crippen molar-refractivity contribution in [2.24, 2.45) is 0 Å². The van der Waals surface area contributed by atoms with E-state index in [-0.39, 0.29) is 5.02 Å². The standard InChI is InChI=1S/C12H7BrClFINO/c13-7-4-8(14)9(15)5-12(7)18-11-2-1-6(16)3-10(11)17/h1-5H,17H2. The van der Waals surface area contributed by atoms with Gasteiger partial charge in [0.15, 0.2) is 0 Å². The molecule has 2 N–H and O–H groups in total. The van der Waals surface area contributed by atoms with Gasteiger partial charge in [0.1, 0.15) is 17.3 Å². The number of nitrogens with two attached hydrogens (primary N) is 1. The van der Waals surface area contributed by atoms with Crippen LogP contribution in [0.15, 0.2) is 34.8 Å². The van der Waals surface area contributed by atoms with Gasteiger partial charge in [-0.05, 0) is 62.8 Å². The molecule has 0 heterocycles. The molecule has 2 nitrogen and oxygen atoms in total. The highest BCUT2D eigenvalue weighted by atomic mass is 127. The predicted octanol–water partition coefficient (Wildman–Crippen LogP) is 5.22. The first-order chi connectivity index (χ1) is 8.47. The molecule has 2 aromatic rings. The van der Waals surface area contributed by atoms with E-state index < -0.39 is 5.82 Å². The Hall–Kier alpha value is -0.530. The summed E-state index contributed by atoms with van der Waals surface area (Å²) in [6, 6.07) is 8.01. The molecule has 2 aromatic carbocycles. The summed E-state index contributed by atoms with van der Waals surface area (Å²) >= 11 is 11.1. The van der Waals surface area contributed by atoms with E-state index in [0.717, 1.165) is 3.57 Å². The fraction of sp³-hybridized carbons (Fsp3) is 0. The largest absolute Gasteiger partial charge is 0.454 e. The van der Waals surface area contributed by atoms with Crippen LogP contribution in [0.2, 0.25) is 5.02 Å². The molecule has 94 valence electrons. The number of anilines is 1. The second kappa shape index (κ2) is 5.63. The number of benzene rings is 2. The maximum absolute atomic E-state index is 13.4. The molecule has 0 saturated heterocycles. The molecule has 0 aliphatic rings. The SMILES string of the molecule is Nc1cc(I)ccc1Oc1cc(F)c(Cl)cc1Br. The third-order valence-electron chi connectivity index (χ3n) is 2.17. The Balaban J connectivity index is 2.37. The van der Waals surface area contributed by atoms with E-state index in [1.54, 1.807) is 12.1 Å². The van der Waals surface area contributed by atoms with Crippen LogP contribution in [-0.4, -0.2) is 0 Å². The van der Waals surface area contributed by atoms with Crippen LogP contribution in [0, 0.1) is 9.39 Å². The lowest BCUT2D eigenvalue weighted by atomic mass is 10.3. The monoisotopic (exact) mass is 441 g/mol. The van der Waals surface area contributed by atoms with E-state index in [1.165, 1.54) is 12.1 Å². The smallest absolute Gasteiger partial charge is 0.150 e. The zero-order chi connectivity index (χ0) is 13.3. The van der Waals surface area contributed by atoms with E-state index in [1.807, 2.05) is 6.07 Å². The Morgan fingerprint density at radius 3 is 2.61 bits per heavy atom. The summed E-state index contributed by atoms with van der Waals surface area (Å²) in [7, 11) is 0. The lowest BCUT2D eigenvalue weighted by molar-refractivity contribution is 0.476. The molecule has 0 bridgehead atoms. The van der Waals surface area contributed by atoms with Crippen molar-refractivity contribution in [3.63, 3.8) is 0 Å². The minimum Gasteiger partial charge on any atom is -0.454 e. The molecule has 2 rings (SSSR count). The summed E-state index contributed by atoms with van der Waals surface area (Å²) in [5, 5.41) is 0.0322. The first-order valence-corrected chi connectivity index (χ1v) is 7.10. The molecule has 0 aromatic heterocycles. The summed E-state index contributed by atoms with van der Waals surface area (Å²) in [6.45, 7) is 0. The molecule has 0 unspecified atom stereocenters.